The lowest BCUT2D eigenvalue weighted by Crippen LogP contribution is -2.76. The number of thiazole rings is 1. The molecule has 0 radical (unpaired) electrons. The molecule has 1 aromatic heterocycles. The highest BCUT2D eigenvalue weighted by Crippen LogP contribution is 2.33. The molecule has 0 saturated carbocycles. The van der Waals surface area contributed by atoms with Crippen LogP contribution in [0.2, 0.25) is 0 Å². The van der Waals surface area contributed by atoms with E-state index in [2.05, 4.69) is 26.0 Å². The summed E-state index contributed by atoms with van der Waals surface area (Å²) in [7, 11) is -4.89. The summed E-state index contributed by atoms with van der Waals surface area (Å²) in [6.07, 6.45) is 5.08. The third-order valence-corrected chi connectivity index (χ3v) is 4.62. The van der Waals surface area contributed by atoms with Crippen molar-refractivity contribution >= 4 is 38.7 Å². The van der Waals surface area contributed by atoms with Crippen LogP contribution in [0.25, 0.3) is 0 Å². The molecular formula is C13H17N5O7S2. The molecule has 2 heterocycles. The van der Waals surface area contributed by atoms with Crippen LogP contribution in [-0.4, -0.2) is 53.0 Å². The molecule has 1 aromatic rings. The van der Waals surface area contributed by atoms with Crippen LogP contribution < -0.4 is 16.5 Å². The Morgan fingerprint density at radius 1 is 1.63 bits per heavy atom. The number of nitrogens with one attached hydrogen (secondary N) is 2. The molecule has 12 nitrogen and oxygen atoms in total. The van der Waals surface area contributed by atoms with E-state index in [0.717, 1.165) is 11.3 Å². The third-order valence-electron chi connectivity index (χ3n) is 3.59. The summed E-state index contributed by atoms with van der Waals surface area (Å²) in [6, 6.07) is -2.26. The van der Waals surface area contributed by atoms with Gasteiger partial charge in [0.1, 0.15) is 12.6 Å². The van der Waals surface area contributed by atoms with Gasteiger partial charge < -0.3 is 11.1 Å². The van der Waals surface area contributed by atoms with Crippen molar-refractivity contribution in [1.29, 1.82) is 0 Å². The van der Waals surface area contributed by atoms with E-state index >= 15 is 0 Å². The van der Waals surface area contributed by atoms with Crippen LogP contribution in [0.3, 0.4) is 0 Å². The van der Waals surface area contributed by atoms with E-state index in [1.807, 2.05) is 0 Å². The number of hydrogen-bond acceptors (Lipinski definition) is 10. The Morgan fingerprint density at radius 2 is 2.30 bits per heavy atom. The number of carbonyl (C=O) groups excluding carboxylic acids is 2. The standard InChI is InChI=1S/C13H17N5O7S2/c1-4-5-24-17-8(7-6-26-12(14)15-7)10(19)16-9-11(20)18(13(9,2)3)25-27(21,22)23/h1,6,8-9,17H,5H2,2-3H3,(H2,14,15)(H,16,19)(H,21,22,23). The molecule has 2 unspecified atom stereocenters. The molecule has 2 rings (SSSR count). The topological polar surface area (TPSA) is 173 Å². The van der Waals surface area contributed by atoms with Crippen LogP contribution in [0, 0.1) is 12.3 Å². The molecule has 0 spiro atoms. The Kier molecular flexibility index (Phi) is 6.04. The van der Waals surface area contributed by atoms with E-state index in [1.165, 1.54) is 19.2 Å². The van der Waals surface area contributed by atoms with Gasteiger partial charge in [0.2, 0.25) is 5.91 Å². The van der Waals surface area contributed by atoms with Gasteiger partial charge in [0.05, 0.1) is 11.2 Å². The predicted octanol–water partition coefficient (Wildman–Crippen LogP) is -1.24. The molecule has 1 saturated heterocycles. The first-order valence-corrected chi connectivity index (χ1v) is 9.55. The summed E-state index contributed by atoms with van der Waals surface area (Å²) in [5.41, 5.74) is 6.99. The molecule has 1 fully saturated rings. The van der Waals surface area contributed by atoms with Crippen molar-refractivity contribution in [2.24, 2.45) is 0 Å². The summed E-state index contributed by atoms with van der Waals surface area (Å²) in [5, 5.41) is 4.64. The predicted molar refractivity (Wildman–Crippen MR) is 92.7 cm³/mol. The van der Waals surface area contributed by atoms with Crippen molar-refractivity contribution in [2.45, 2.75) is 31.5 Å². The van der Waals surface area contributed by atoms with Crippen LogP contribution in [0.15, 0.2) is 5.38 Å². The number of β-lactam (4-membered cyclic amide) rings is 1. The minimum Gasteiger partial charge on any atom is -0.375 e. The SMILES string of the molecule is C#CCONC(C(=O)NC1C(=O)N(OS(=O)(=O)O)C1(C)C)c1csc(N)n1. The van der Waals surface area contributed by atoms with Crippen LogP contribution in [0.1, 0.15) is 25.6 Å². The number of hydroxylamine groups is 3. The second-order valence-electron chi connectivity index (χ2n) is 5.88. The summed E-state index contributed by atoms with van der Waals surface area (Å²) in [4.78, 5) is 33.7. The number of rotatable bonds is 8. The largest absolute Gasteiger partial charge is 0.418 e. The number of carbonyl (C=O) groups is 2. The fraction of sp³-hybridized carbons (Fsp3) is 0.462. The summed E-state index contributed by atoms with van der Waals surface area (Å²) < 4.78 is 34.6. The second-order valence-corrected chi connectivity index (χ2v) is 7.78. The Balaban J connectivity index is 2.13. The summed E-state index contributed by atoms with van der Waals surface area (Å²) in [6.45, 7) is 2.73. The minimum absolute atomic E-state index is 0.132. The number of aromatic nitrogens is 1. The first kappa shape index (κ1) is 21.0. The lowest BCUT2D eigenvalue weighted by molar-refractivity contribution is -0.219. The second kappa shape index (κ2) is 7.76. The molecule has 0 aromatic carbocycles. The number of nitrogen functional groups attached to an aromatic ring is 1. The number of hydrogen-bond donors (Lipinski definition) is 4. The molecule has 27 heavy (non-hydrogen) atoms. The average Bonchev–Trinajstić information content (AvgIpc) is 2.99. The van der Waals surface area contributed by atoms with E-state index in [9.17, 15) is 18.0 Å². The lowest BCUT2D eigenvalue weighted by Gasteiger charge is -2.50. The van der Waals surface area contributed by atoms with Crippen molar-refractivity contribution in [3.8, 4) is 12.3 Å². The number of amides is 2. The maximum atomic E-state index is 12.6. The maximum absolute atomic E-state index is 12.6. The fourth-order valence-corrected chi connectivity index (χ4v) is 3.34. The molecule has 2 atom stereocenters. The van der Waals surface area contributed by atoms with Gasteiger partial charge in [-0.3, -0.25) is 19.0 Å². The first-order valence-electron chi connectivity index (χ1n) is 7.30. The smallest absolute Gasteiger partial charge is 0.375 e. The molecule has 148 valence electrons. The summed E-state index contributed by atoms with van der Waals surface area (Å²) in [5.74, 6) is 0.645. The molecule has 2 amide bonds. The van der Waals surface area contributed by atoms with Crippen LogP contribution in [0.4, 0.5) is 5.13 Å². The molecule has 5 N–H and O–H groups in total. The van der Waals surface area contributed by atoms with Crippen molar-refractivity contribution < 1.29 is 31.7 Å². The van der Waals surface area contributed by atoms with Gasteiger partial charge in [0.15, 0.2) is 11.2 Å². The van der Waals surface area contributed by atoms with Gasteiger partial charge >= 0.3 is 10.4 Å². The van der Waals surface area contributed by atoms with Gasteiger partial charge in [-0.15, -0.1) is 22.0 Å². The third kappa shape index (κ3) is 4.71. The van der Waals surface area contributed by atoms with Crippen molar-refractivity contribution in [3.05, 3.63) is 11.1 Å². The number of nitrogens with zero attached hydrogens (tertiary/aromatic N) is 2. The van der Waals surface area contributed by atoms with Gasteiger partial charge in [0, 0.05) is 5.38 Å². The zero-order valence-corrected chi connectivity index (χ0v) is 15.8. The van der Waals surface area contributed by atoms with Crippen molar-refractivity contribution in [1.82, 2.24) is 20.8 Å². The highest BCUT2D eigenvalue weighted by molar-refractivity contribution is 7.80. The number of nitrogens with two attached hydrogens (primary N) is 1. The van der Waals surface area contributed by atoms with Gasteiger partial charge in [0.25, 0.3) is 5.91 Å². The number of terminal acetylenes is 1. The quantitative estimate of drug-likeness (QED) is 0.131. The van der Waals surface area contributed by atoms with Crippen LogP contribution in [-0.2, 0) is 29.1 Å². The zero-order valence-electron chi connectivity index (χ0n) is 14.2. The van der Waals surface area contributed by atoms with E-state index in [1.54, 1.807) is 0 Å². The van der Waals surface area contributed by atoms with E-state index in [4.69, 9.17) is 21.5 Å². The van der Waals surface area contributed by atoms with Gasteiger partial charge in [-0.05, 0) is 13.8 Å². The first-order chi connectivity index (χ1) is 12.5. The normalized spacial score (nSPS) is 19.9. The zero-order chi connectivity index (χ0) is 20.4. The van der Waals surface area contributed by atoms with Crippen LogP contribution in [0.5, 0.6) is 0 Å². The Morgan fingerprint density at radius 3 is 2.78 bits per heavy atom. The van der Waals surface area contributed by atoms with Gasteiger partial charge in [-0.25, -0.2) is 4.98 Å². The highest BCUT2D eigenvalue weighted by Gasteiger charge is 2.58. The molecule has 0 bridgehead atoms. The fourth-order valence-electron chi connectivity index (χ4n) is 2.29. The minimum atomic E-state index is -4.89. The van der Waals surface area contributed by atoms with Crippen molar-refractivity contribution in [2.75, 3.05) is 12.3 Å². The maximum Gasteiger partial charge on any atom is 0.418 e. The van der Waals surface area contributed by atoms with E-state index < -0.39 is 39.8 Å². The highest BCUT2D eigenvalue weighted by atomic mass is 32.3. The van der Waals surface area contributed by atoms with E-state index in [-0.39, 0.29) is 17.4 Å². The monoisotopic (exact) mass is 419 g/mol. The Bertz CT molecular complexity index is 876. The molecular weight excluding hydrogens is 402 g/mol. The molecule has 1 aliphatic rings. The Hall–Kier alpha value is -2.28. The molecule has 14 heteroatoms. The van der Waals surface area contributed by atoms with Crippen molar-refractivity contribution in [3.63, 3.8) is 0 Å². The van der Waals surface area contributed by atoms with Gasteiger partial charge in [-0.2, -0.15) is 19.0 Å². The number of anilines is 1. The van der Waals surface area contributed by atoms with E-state index in [0.29, 0.717) is 5.06 Å². The molecule has 1 aliphatic heterocycles. The molecule has 0 aliphatic carbocycles. The van der Waals surface area contributed by atoms with Crippen LogP contribution >= 0.6 is 11.3 Å². The lowest BCUT2D eigenvalue weighted by atomic mass is 9.84. The Labute approximate surface area is 158 Å². The average molecular weight is 419 g/mol. The van der Waals surface area contributed by atoms with Gasteiger partial charge in [-0.1, -0.05) is 5.92 Å². The summed E-state index contributed by atoms with van der Waals surface area (Å²) >= 11 is 1.10.